The summed E-state index contributed by atoms with van der Waals surface area (Å²) in [5.41, 5.74) is 2.01. The zero-order valence-electron chi connectivity index (χ0n) is 12.6. The number of carbonyl (C=O) groups excluding carboxylic acids is 1. The van der Waals surface area contributed by atoms with Gasteiger partial charge in [-0.3, -0.25) is 4.79 Å². The summed E-state index contributed by atoms with van der Waals surface area (Å²) in [5.74, 6) is 0.0637. The normalized spacial score (nSPS) is 10.8. The van der Waals surface area contributed by atoms with Crippen LogP contribution in [-0.4, -0.2) is 42.2 Å². The van der Waals surface area contributed by atoms with Gasteiger partial charge in [-0.25, -0.2) is 0 Å². The van der Waals surface area contributed by atoms with Gasteiger partial charge in [0.1, 0.15) is 0 Å². The topological polar surface area (TPSA) is 52.6 Å². The van der Waals surface area contributed by atoms with Gasteiger partial charge in [0.05, 0.1) is 0 Å². The Balaban J connectivity index is 2.25. The number of hydrogen-bond donors (Lipinski definition) is 2. The summed E-state index contributed by atoms with van der Waals surface area (Å²) in [6, 6.07) is 7.83. The first kappa shape index (κ1) is 16.7. The summed E-state index contributed by atoms with van der Waals surface area (Å²) < 4.78 is 0. The molecule has 1 aromatic carbocycles. The molecule has 0 spiro atoms. The van der Waals surface area contributed by atoms with Crippen molar-refractivity contribution in [3.63, 3.8) is 0 Å². The van der Waals surface area contributed by atoms with Crippen LogP contribution in [0.15, 0.2) is 24.3 Å². The highest BCUT2D eigenvalue weighted by molar-refractivity contribution is 5.90. The third kappa shape index (κ3) is 6.68. The number of rotatable bonds is 9. The second kappa shape index (κ2) is 9.50. The molecule has 112 valence electrons. The standard InChI is InChI=1S/C16H26N2O2/c1-3-18(11-6-12-19)10-5-9-16(20)17-15-8-4-7-14(2)13-15/h4,7-8,13,19H,3,5-6,9-12H2,1-2H3,(H,17,20). The van der Waals surface area contributed by atoms with E-state index in [-0.39, 0.29) is 12.5 Å². The van der Waals surface area contributed by atoms with Gasteiger partial charge in [-0.05, 0) is 50.6 Å². The van der Waals surface area contributed by atoms with E-state index in [0.29, 0.717) is 6.42 Å². The fourth-order valence-electron chi connectivity index (χ4n) is 2.13. The molecule has 0 aromatic heterocycles. The monoisotopic (exact) mass is 278 g/mol. The van der Waals surface area contributed by atoms with Crippen LogP contribution in [0.1, 0.15) is 31.7 Å². The Hall–Kier alpha value is -1.39. The van der Waals surface area contributed by atoms with E-state index in [1.54, 1.807) is 0 Å². The number of hydrogen-bond acceptors (Lipinski definition) is 3. The van der Waals surface area contributed by atoms with Gasteiger partial charge in [0, 0.05) is 25.3 Å². The first-order valence-corrected chi connectivity index (χ1v) is 7.35. The molecule has 0 saturated carbocycles. The average Bonchev–Trinajstić information content (AvgIpc) is 2.42. The largest absolute Gasteiger partial charge is 0.396 e. The Bertz CT molecular complexity index is 407. The lowest BCUT2D eigenvalue weighted by molar-refractivity contribution is -0.116. The molecule has 4 nitrogen and oxygen atoms in total. The Morgan fingerprint density at radius 3 is 2.70 bits per heavy atom. The number of aliphatic hydroxyl groups is 1. The number of aliphatic hydroxyl groups excluding tert-OH is 1. The molecule has 0 radical (unpaired) electrons. The van der Waals surface area contributed by atoms with Gasteiger partial charge in [0.25, 0.3) is 0 Å². The van der Waals surface area contributed by atoms with Crippen molar-refractivity contribution in [3.8, 4) is 0 Å². The summed E-state index contributed by atoms with van der Waals surface area (Å²) in [6.07, 6.45) is 2.17. The summed E-state index contributed by atoms with van der Waals surface area (Å²) in [7, 11) is 0. The van der Waals surface area contributed by atoms with Crippen molar-refractivity contribution in [1.29, 1.82) is 0 Å². The maximum Gasteiger partial charge on any atom is 0.224 e. The summed E-state index contributed by atoms with van der Waals surface area (Å²) >= 11 is 0. The fraction of sp³-hybridized carbons (Fsp3) is 0.562. The molecular weight excluding hydrogens is 252 g/mol. The van der Waals surface area contributed by atoms with Crippen LogP contribution in [0.3, 0.4) is 0 Å². The Morgan fingerprint density at radius 2 is 2.05 bits per heavy atom. The van der Waals surface area contributed by atoms with E-state index in [9.17, 15) is 4.79 Å². The number of benzene rings is 1. The summed E-state index contributed by atoms with van der Waals surface area (Å²) in [4.78, 5) is 14.1. The quantitative estimate of drug-likeness (QED) is 0.729. The number of nitrogens with one attached hydrogen (secondary N) is 1. The second-order valence-corrected chi connectivity index (χ2v) is 5.03. The van der Waals surface area contributed by atoms with Gasteiger partial charge in [-0.2, -0.15) is 0 Å². The van der Waals surface area contributed by atoms with Crippen LogP contribution in [0.4, 0.5) is 5.69 Å². The number of nitrogens with zero attached hydrogens (tertiary/aromatic N) is 1. The van der Waals surface area contributed by atoms with E-state index in [2.05, 4.69) is 17.1 Å². The predicted molar refractivity (Wildman–Crippen MR) is 82.9 cm³/mol. The molecule has 1 rings (SSSR count). The highest BCUT2D eigenvalue weighted by Gasteiger charge is 2.05. The van der Waals surface area contributed by atoms with E-state index in [1.165, 1.54) is 0 Å². The highest BCUT2D eigenvalue weighted by atomic mass is 16.3. The zero-order chi connectivity index (χ0) is 14.8. The van der Waals surface area contributed by atoms with Crippen LogP contribution in [0, 0.1) is 6.92 Å². The fourth-order valence-corrected chi connectivity index (χ4v) is 2.13. The van der Waals surface area contributed by atoms with Crippen LogP contribution in [0.5, 0.6) is 0 Å². The highest BCUT2D eigenvalue weighted by Crippen LogP contribution is 2.10. The summed E-state index contributed by atoms with van der Waals surface area (Å²) in [5, 5.41) is 11.7. The van der Waals surface area contributed by atoms with E-state index in [4.69, 9.17) is 5.11 Å². The number of amides is 1. The molecule has 0 aliphatic rings. The van der Waals surface area contributed by atoms with E-state index in [0.717, 1.165) is 43.7 Å². The molecule has 2 N–H and O–H groups in total. The molecule has 4 heteroatoms. The Morgan fingerprint density at radius 1 is 1.30 bits per heavy atom. The third-order valence-corrected chi connectivity index (χ3v) is 3.26. The smallest absolute Gasteiger partial charge is 0.224 e. The summed E-state index contributed by atoms with van der Waals surface area (Å²) in [6.45, 7) is 7.09. The van der Waals surface area contributed by atoms with Crippen LogP contribution in [-0.2, 0) is 4.79 Å². The van der Waals surface area contributed by atoms with Crippen LogP contribution in [0.25, 0.3) is 0 Å². The van der Waals surface area contributed by atoms with Crippen molar-refractivity contribution >= 4 is 11.6 Å². The maximum absolute atomic E-state index is 11.8. The van der Waals surface area contributed by atoms with Gasteiger partial charge in [-0.15, -0.1) is 0 Å². The second-order valence-electron chi connectivity index (χ2n) is 5.03. The van der Waals surface area contributed by atoms with E-state index >= 15 is 0 Å². The van der Waals surface area contributed by atoms with Crippen molar-refractivity contribution in [2.75, 3.05) is 31.6 Å². The number of carbonyl (C=O) groups is 1. The van der Waals surface area contributed by atoms with Crippen LogP contribution >= 0.6 is 0 Å². The van der Waals surface area contributed by atoms with Crippen LogP contribution < -0.4 is 5.32 Å². The molecule has 0 heterocycles. The third-order valence-electron chi connectivity index (χ3n) is 3.26. The molecular formula is C16H26N2O2. The molecule has 0 saturated heterocycles. The minimum Gasteiger partial charge on any atom is -0.396 e. The average molecular weight is 278 g/mol. The lowest BCUT2D eigenvalue weighted by Crippen LogP contribution is -2.27. The van der Waals surface area contributed by atoms with Gasteiger partial charge < -0.3 is 15.3 Å². The molecule has 20 heavy (non-hydrogen) atoms. The lowest BCUT2D eigenvalue weighted by atomic mass is 10.2. The van der Waals surface area contributed by atoms with Crippen molar-refractivity contribution in [2.45, 2.75) is 33.1 Å². The minimum absolute atomic E-state index is 0.0637. The number of anilines is 1. The predicted octanol–water partition coefficient (Wildman–Crippen LogP) is 2.42. The van der Waals surface area contributed by atoms with E-state index in [1.807, 2.05) is 31.2 Å². The molecule has 0 bridgehead atoms. The molecule has 0 fully saturated rings. The zero-order valence-corrected chi connectivity index (χ0v) is 12.6. The molecule has 0 unspecified atom stereocenters. The Kier molecular flexibility index (Phi) is 7.92. The van der Waals surface area contributed by atoms with Gasteiger partial charge in [0.2, 0.25) is 5.91 Å². The lowest BCUT2D eigenvalue weighted by Gasteiger charge is -2.19. The van der Waals surface area contributed by atoms with Crippen molar-refractivity contribution in [2.24, 2.45) is 0 Å². The molecule has 1 aromatic rings. The Labute approximate surface area is 121 Å². The van der Waals surface area contributed by atoms with Crippen molar-refractivity contribution < 1.29 is 9.90 Å². The van der Waals surface area contributed by atoms with Crippen LogP contribution in [0.2, 0.25) is 0 Å². The van der Waals surface area contributed by atoms with Crippen molar-refractivity contribution in [1.82, 2.24) is 4.90 Å². The van der Waals surface area contributed by atoms with E-state index < -0.39 is 0 Å². The van der Waals surface area contributed by atoms with Gasteiger partial charge >= 0.3 is 0 Å². The maximum atomic E-state index is 11.8. The minimum atomic E-state index is 0.0637. The van der Waals surface area contributed by atoms with Gasteiger partial charge in [0.15, 0.2) is 0 Å². The van der Waals surface area contributed by atoms with Crippen molar-refractivity contribution in [3.05, 3.63) is 29.8 Å². The molecule has 0 aliphatic heterocycles. The number of aryl methyl sites for hydroxylation is 1. The molecule has 1 amide bonds. The van der Waals surface area contributed by atoms with Gasteiger partial charge in [-0.1, -0.05) is 19.1 Å². The molecule has 0 aliphatic carbocycles. The SMILES string of the molecule is CCN(CCCO)CCCC(=O)Nc1cccc(C)c1. The first-order chi connectivity index (χ1) is 9.65. The first-order valence-electron chi connectivity index (χ1n) is 7.35. The molecule has 0 atom stereocenters.